The third-order valence-electron chi connectivity index (χ3n) is 1.70. The lowest BCUT2D eigenvalue weighted by atomic mass is 10.2. The summed E-state index contributed by atoms with van der Waals surface area (Å²) in [4.78, 5) is 4.51. The second-order valence-corrected chi connectivity index (χ2v) is 4.11. The molecule has 68 valence electrons. The molecule has 0 fully saturated rings. The van der Waals surface area contributed by atoms with Crippen LogP contribution in [0, 0.1) is 0 Å². The predicted octanol–water partition coefficient (Wildman–Crippen LogP) is 2.16. The number of aromatic nitrogens is 1. The Labute approximate surface area is 77.8 Å². The fourth-order valence-electron chi connectivity index (χ4n) is 0.986. The number of hydrogen-bond acceptors (Lipinski definition) is 3. The zero-order valence-corrected chi connectivity index (χ0v) is 8.53. The highest BCUT2D eigenvalue weighted by atomic mass is 32.1. The zero-order chi connectivity index (χ0) is 8.97. The first-order valence-corrected chi connectivity index (χ1v) is 5.26. The Morgan fingerprint density at radius 3 is 2.83 bits per heavy atom. The molecule has 0 amide bonds. The minimum absolute atomic E-state index is 0.557. The topological polar surface area (TPSA) is 38.9 Å². The molecule has 0 aliphatic carbocycles. The molecule has 12 heavy (non-hydrogen) atoms. The third-order valence-corrected chi connectivity index (χ3v) is 2.89. The summed E-state index contributed by atoms with van der Waals surface area (Å²) < 4.78 is 0. The summed E-state index contributed by atoms with van der Waals surface area (Å²) in [7, 11) is 0. The van der Waals surface area contributed by atoms with Gasteiger partial charge < -0.3 is 5.73 Å². The van der Waals surface area contributed by atoms with Gasteiger partial charge in [0, 0.05) is 11.3 Å². The van der Waals surface area contributed by atoms with Crippen LogP contribution >= 0.6 is 11.3 Å². The minimum Gasteiger partial charge on any atom is -0.330 e. The monoisotopic (exact) mass is 184 g/mol. The number of thiazole rings is 1. The molecule has 0 saturated carbocycles. The molecule has 2 nitrogen and oxygen atoms in total. The van der Waals surface area contributed by atoms with Crippen molar-refractivity contribution in [3.05, 3.63) is 16.1 Å². The summed E-state index contributed by atoms with van der Waals surface area (Å²) in [6, 6.07) is 0. The van der Waals surface area contributed by atoms with Crippen LogP contribution in [0.15, 0.2) is 5.38 Å². The molecule has 0 aliphatic heterocycles. The van der Waals surface area contributed by atoms with Crippen LogP contribution in [0.25, 0.3) is 0 Å². The van der Waals surface area contributed by atoms with E-state index in [1.54, 1.807) is 11.3 Å². The molecule has 3 heteroatoms. The highest BCUT2D eigenvalue weighted by molar-refractivity contribution is 7.09. The molecule has 1 heterocycles. The second-order valence-electron chi connectivity index (χ2n) is 3.22. The molecule has 0 atom stereocenters. The smallest absolute Gasteiger partial charge is 0.0953 e. The van der Waals surface area contributed by atoms with E-state index in [0.717, 1.165) is 19.4 Å². The molecule has 0 bridgehead atoms. The molecule has 0 unspecified atom stereocenters. The van der Waals surface area contributed by atoms with Crippen LogP contribution in [-0.2, 0) is 6.42 Å². The molecule has 0 spiro atoms. The van der Waals surface area contributed by atoms with Crippen LogP contribution in [0.5, 0.6) is 0 Å². The van der Waals surface area contributed by atoms with Crippen LogP contribution in [0.1, 0.15) is 36.9 Å². The quantitative estimate of drug-likeness (QED) is 0.778. The van der Waals surface area contributed by atoms with E-state index in [2.05, 4.69) is 24.2 Å². The standard InChI is InChI=1S/C9H16N2S/c1-7(2)9-11-8(6-12-9)4-3-5-10/h6-7H,3-5,10H2,1-2H3. The van der Waals surface area contributed by atoms with Gasteiger partial charge in [-0.05, 0) is 19.4 Å². The van der Waals surface area contributed by atoms with Crippen molar-refractivity contribution in [2.24, 2.45) is 5.73 Å². The fraction of sp³-hybridized carbons (Fsp3) is 0.667. The normalized spacial score (nSPS) is 11.0. The van der Waals surface area contributed by atoms with Gasteiger partial charge in [0.25, 0.3) is 0 Å². The van der Waals surface area contributed by atoms with Gasteiger partial charge in [-0.2, -0.15) is 0 Å². The number of rotatable bonds is 4. The van der Waals surface area contributed by atoms with Crippen molar-refractivity contribution in [2.45, 2.75) is 32.6 Å². The number of hydrogen-bond donors (Lipinski definition) is 1. The van der Waals surface area contributed by atoms with E-state index in [1.807, 2.05) is 0 Å². The Morgan fingerprint density at radius 2 is 2.33 bits per heavy atom. The summed E-state index contributed by atoms with van der Waals surface area (Å²) in [5, 5.41) is 3.38. The lowest BCUT2D eigenvalue weighted by molar-refractivity contribution is 0.792. The van der Waals surface area contributed by atoms with E-state index >= 15 is 0 Å². The first-order valence-electron chi connectivity index (χ1n) is 4.38. The van der Waals surface area contributed by atoms with Gasteiger partial charge in [-0.3, -0.25) is 0 Å². The number of nitrogens with two attached hydrogens (primary N) is 1. The molecule has 1 aromatic rings. The average molecular weight is 184 g/mol. The molecule has 0 radical (unpaired) electrons. The largest absolute Gasteiger partial charge is 0.330 e. The average Bonchev–Trinajstić information content (AvgIpc) is 2.48. The third kappa shape index (κ3) is 2.57. The van der Waals surface area contributed by atoms with E-state index in [-0.39, 0.29) is 0 Å². The van der Waals surface area contributed by atoms with Crippen LogP contribution in [0.2, 0.25) is 0 Å². The Bertz CT molecular complexity index is 230. The second kappa shape index (κ2) is 4.58. The first-order chi connectivity index (χ1) is 5.74. The van der Waals surface area contributed by atoms with E-state index in [0.29, 0.717) is 5.92 Å². The maximum atomic E-state index is 5.42. The van der Waals surface area contributed by atoms with Crippen molar-refractivity contribution in [1.82, 2.24) is 4.98 Å². The Kier molecular flexibility index (Phi) is 3.69. The maximum absolute atomic E-state index is 5.42. The molecule has 0 aliphatic rings. The molecule has 0 aromatic carbocycles. The van der Waals surface area contributed by atoms with E-state index in [1.165, 1.54) is 10.7 Å². The van der Waals surface area contributed by atoms with Gasteiger partial charge in [-0.15, -0.1) is 11.3 Å². The van der Waals surface area contributed by atoms with Crippen molar-refractivity contribution in [3.8, 4) is 0 Å². The Hall–Kier alpha value is -0.410. The minimum atomic E-state index is 0.557. The fourth-order valence-corrected chi connectivity index (χ4v) is 1.86. The summed E-state index contributed by atoms with van der Waals surface area (Å²) in [5.41, 5.74) is 6.62. The molecule has 1 rings (SSSR count). The summed E-state index contributed by atoms with van der Waals surface area (Å²) in [5.74, 6) is 0.557. The maximum Gasteiger partial charge on any atom is 0.0953 e. The van der Waals surface area contributed by atoms with E-state index < -0.39 is 0 Å². The van der Waals surface area contributed by atoms with Gasteiger partial charge in [-0.25, -0.2) is 4.98 Å². The molecular weight excluding hydrogens is 168 g/mol. The Morgan fingerprint density at radius 1 is 1.58 bits per heavy atom. The first kappa shape index (κ1) is 9.68. The lowest BCUT2D eigenvalue weighted by Crippen LogP contribution is -2.00. The number of nitrogens with zero attached hydrogens (tertiary/aromatic N) is 1. The lowest BCUT2D eigenvalue weighted by Gasteiger charge is -1.96. The van der Waals surface area contributed by atoms with Gasteiger partial charge >= 0.3 is 0 Å². The van der Waals surface area contributed by atoms with Crippen LogP contribution in [0.4, 0.5) is 0 Å². The molecule has 0 saturated heterocycles. The molecule has 2 N–H and O–H groups in total. The van der Waals surface area contributed by atoms with Crippen LogP contribution in [-0.4, -0.2) is 11.5 Å². The summed E-state index contributed by atoms with van der Waals surface area (Å²) in [6.45, 7) is 5.10. The number of aryl methyl sites for hydroxylation is 1. The van der Waals surface area contributed by atoms with Gasteiger partial charge in [0.2, 0.25) is 0 Å². The van der Waals surface area contributed by atoms with Crippen molar-refractivity contribution < 1.29 is 0 Å². The van der Waals surface area contributed by atoms with Gasteiger partial charge in [-0.1, -0.05) is 13.8 Å². The van der Waals surface area contributed by atoms with Crippen molar-refractivity contribution in [1.29, 1.82) is 0 Å². The van der Waals surface area contributed by atoms with Gasteiger partial charge in [0.1, 0.15) is 0 Å². The predicted molar refractivity (Wildman–Crippen MR) is 53.6 cm³/mol. The van der Waals surface area contributed by atoms with Gasteiger partial charge in [0.05, 0.1) is 10.7 Å². The van der Waals surface area contributed by atoms with Gasteiger partial charge in [0.15, 0.2) is 0 Å². The zero-order valence-electron chi connectivity index (χ0n) is 7.71. The summed E-state index contributed by atoms with van der Waals surface area (Å²) in [6.07, 6.45) is 2.07. The van der Waals surface area contributed by atoms with E-state index in [4.69, 9.17) is 5.73 Å². The van der Waals surface area contributed by atoms with Crippen molar-refractivity contribution in [3.63, 3.8) is 0 Å². The van der Waals surface area contributed by atoms with Crippen LogP contribution < -0.4 is 5.73 Å². The highest BCUT2D eigenvalue weighted by Gasteiger charge is 2.04. The Balaban J connectivity index is 2.52. The summed E-state index contributed by atoms with van der Waals surface area (Å²) >= 11 is 1.76. The van der Waals surface area contributed by atoms with Crippen molar-refractivity contribution in [2.75, 3.05) is 6.54 Å². The molecule has 1 aromatic heterocycles. The van der Waals surface area contributed by atoms with E-state index in [9.17, 15) is 0 Å². The van der Waals surface area contributed by atoms with Crippen molar-refractivity contribution >= 4 is 11.3 Å². The SMILES string of the molecule is CC(C)c1nc(CCCN)cs1. The highest BCUT2D eigenvalue weighted by Crippen LogP contribution is 2.19. The van der Waals surface area contributed by atoms with Crippen LogP contribution in [0.3, 0.4) is 0 Å². The molecular formula is C9H16N2S.